The Morgan fingerprint density at radius 3 is 2.46 bits per heavy atom. The van der Waals surface area contributed by atoms with Gasteiger partial charge in [-0.1, -0.05) is 18.2 Å². The van der Waals surface area contributed by atoms with Crippen molar-refractivity contribution < 1.29 is 22.4 Å². The van der Waals surface area contributed by atoms with Crippen molar-refractivity contribution in [2.45, 2.75) is 11.8 Å². The zero-order valence-electron chi connectivity index (χ0n) is 18.6. The Kier molecular flexibility index (Phi) is 5.49. The number of nitrogens with zero attached hydrogens (tertiary/aromatic N) is 1. The van der Waals surface area contributed by atoms with Crippen molar-refractivity contribution in [2.75, 3.05) is 21.5 Å². The Bertz CT molecular complexity index is 1600. The van der Waals surface area contributed by atoms with E-state index < -0.39 is 21.7 Å². The standard InChI is InChI=1S/C26H20FN3O4S/c1-2-30-23-14-13-22(20-7-4-8-21(24(20)23)26(30)32)28-25(31)16-5-3-6-18(15-16)29-35(33,34)19-11-9-17(27)10-12-19/h3-15,29H,2H2,1H3,(H,28,31). The molecule has 2 N–H and O–H groups in total. The average Bonchev–Trinajstić information content (AvgIpc) is 3.13. The molecule has 176 valence electrons. The van der Waals surface area contributed by atoms with Gasteiger partial charge in [-0.3, -0.25) is 14.3 Å². The van der Waals surface area contributed by atoms with E-state index in [1.165, 1.54) is 12.1 Å². The van der Waals surface area contributed by atoms with Crippen LogP contribution in [0.2, 0.25) is 0 Å². The van der Waals surface area contributed by atoms with E-state index in [1.807, 2.05) is 19.1 Å². The maximum Gasteiger partial charge on any atom is 0.261 e. The predicted octanol–water partition coefficient (Wildman–Crippen LogP) is 5.01. The van der Waals surface area contributed by atoms with Crippen LogP contribution < -0.4 is 14.9 Å². The van der Waals surface area contributed by atoms with Gasteiger partial charge in [0.15, 0.2) is 0 Å². The second-order valence-electron chi connectivity index (χ2n) is 8.00. The summed E-state index contributed by atoms with van der Waals surface area (Å²) in [5.74, 6) is -1.06. The van der Waals surface area contributed by atoms with Gasteiger partial charge >= 0.3 is 0 Å². The van der Waals surface area contributed by atoms with E-state index in [4.69, 9.17) is 0 Å². The van der Waals surface area contributed by atoms with Gasteiger partial charge in [0.25, 0.3) is 21.8 Å². The molecule has 1 aliphatic rings. The first-order chi connectivity index (χ1) is 16.8. The number of rotatable bonds is 6. The minimum absolute atomic E-state index is 0.0716. The van der Waals surface area contributed by atoms with Gasteiger partial charge in [0.05, 0.1) is 10.6 Å². The molecule has 0 saturated carbocycles. The van der Waals surface area contributed by atoms with E-state index >= 15 is 0 Å². The summed E-state index contributed by atoms with van der Waals surface area (Å²) in [5.41, 5.74) is 2.36. The number of nitrogens with one attached hydrogen (secondary N) is 2. The number of hydrogen-bond donors (Lipinski definition) is 2. The Hall–Kier alpha value is -4.24. The zero-order valence-corrected chi connectivity index (χ0v) is 19.4. The van der Waals surface area contributed by atoms with Crippen molar-refractivity contribution in [1.29, 1.82) is 0 Å². The molecule has 9 heteroatoms. The zero-order chi connectivity index (χ0) is 24.7. The molecule has 2 amide bonds. The lowest BCUT2D eigenvalue weighted by molar-refractivity contribution is 0.0992. The van der Waals surface area contributed by atoms with Crippen LogP contribution in [0.3, 0.4) is 0 Å². The predicted molar refractivity (Wildman–Crippen MR) is 133 cm³/mol. The highest BCUT2D eigenvalue weighted by Crippen LogP contribution is 2.40. The molecular weight excluding hydrogens is 469 g/mol. The minimum atomic E-state index is -3.96. The highest BCUT2D eigenvalue weighted by Gasteiger charge is 2.29. The van der Waals surface area contributed by atoms with Crippen LogP contribution in [0.15, 0.2) is 83.8 Å². The first-order valence-corrected chi connectivity index (χ1v) is 12.3. The smallest absolute Gasteiger partial charge is 0.261 e. The molecule has 0 aromatic heterocycles. The number of sulfonamides is 1. The number of hydrogen-bond acceptors (Lipinski definition) is 4. The monoisotopic (exact) mass is 489 g/mol. The number of amides is 2. The van der Waals surface area contributed by atoms with Crippen molar-refractivity contribution in [1.82, 2.24) is 0 Å². The highest BCUT2D eigenvalue weighted by molar-refractivity contribution is 7.92. The molecule has 4 aromatic carbocycles. The number of anilines is 3. The Labute approximate surface area is 201 Å². The summed E-state index contributed by atoms with van der Waals surface area (Å²) >= 11 is 0. The molecule has 35 heavy (non-hydrogen) atoms. The van der Waals surface area contributed by atoms with Crippen molar-refractivity contribution in [3.8, 4) is 0 Å². The summed E-state index contributed by atoms with van der Waals surface area (Å²) in [6, 6.07) is 19.4. The fourth-order valence-corrected chi connectivity index (χ4v) is 5.26. The van der Waals surface area contributed by atoms with Crippen LogP contribution in [0.4, 0.5) is 21.5 Å². The number of carbonyl (C=O) groups excluding carboxylic acids is 2. The Morgan fingerprint density at radius 1 is 0.971 bits per heavy atom. The van der Waals surface area contributed by atoms with E-state index in [-0.39, 0.29) is 22.1 Å². The van der Waals surface area contributed by atoms with Crippen LogP contribution in [0.25, 0.3) is 10.8 Å². The lowest BCUT2D eigenvalue weighted by atomic mass is 10.0. The summed E-state index contributed by atoms with van der Waals surface area (Å²) in [7, 11) is -3.96. The molecule has 1 aliphatic heterocycles. The number of carbonyl (C=O) groups is 2. The molecule has 0 fully saturated rings. The molecule has 1 heterocycles. The SMILES string of the molecule is CCN1C(=O)c2cccc3c(NC(=O)c4cccc(NS(=O)(=O)c5ccc(F)cc5)c4)ccc1c23. The molecule has 7 nitrogen and oxygen atoms in total. The first-order valence-electron chi connectivity index (χ1n) is 10.9. The van der Waals surface area contributed by atoms with Gasteiger partial charge in [0.2, 0.25) is 0 Å². The third kappa shape index (κ3) is 4.00. The second-order valence-corrected chi connectivity index (χ2v) is 9.69. The Morgan fingerprint density at radius 2 is 1.71 bits per heavy atom. The molecule has 0 atom stereocenters. The van der Waals surface area contributed by atoms with E-state index in [2.05, 4.69) is 10.0 Å². The van der Waals surface area contributed by atoms with Gasteiger partial charge < -0.3 is 10.2 Å². The van der Waals surface area contributed by atoms with Gasteiger partial charge in [0.1, 0.15) is 5.82 Å². The van der Waals surface area contributed by atoms with Gasteiger partial charge in [-0.15, -0.1) is 0 Å². The average molecular weight is 490 g/mol. The normalized spacial score (nSPS) is 12.7. The van der Waals surface area contributed by atoms with E-state index in [1.54, 1.807) is 35.2 Å². The molecule has 0 saturated heterocycles. The third-order valence-electron chi connectivity index (χ3n) is 5.85. The fraction of sp³-hybridized carbons (Fsp3) is 0.0769. The highest BCUT2D eigenvalue weighted by atomic mass is 32.2. The van der Waals surface area contributed by atoms with Crippen LogP contribution in [-0.2, 0) is 10.0 Å². The van der Waals surface area contributed by atoms with Crippen LogP contribution >= 0.6 is 0 Å². The molecule has 5 rings (SSSR count). The van der Waals surface area contributed by atoms with E-state index in [0.717, 1.165) is 40.7 Å². The summed E-state index contributed by atoms with van der Waals surface area (Å²) in [6.45, 7) is 2.44. The third-order valence-corrected chi connectivity index (χ3v) is 7.25. The van der Waals surface area contributed by atoms with Gasteiger partial charge in [0, 0.05) is 39.8 Å². The molecule has 0 aliphatic carbocycles. The maximum absolute atomic E-state index is 13.1. The lowest BCUT2D eigenvalue weighted by Gasteiger charge is -2.16. The van der Waals surface area contributed by atoms with Crippen LogP contribution in [0, 0.1) is 5.82 Å². The van der Waals surface area contributed by atoms with E-state index in [9.17, 15) is 22.4 Å². The Balaban J connectivity index is 1.42. The summed E-state index contributed by atoms with van der Waals surface area (Å²) < 4.78 is 40.8. The molecule has 0 bridgehead atoms. The van der Waals surface area contributed by atoms with Crippen molar-refractivity contribution in [2.24, 2.45) is 0 Å². The van der Waals surface area contributed by atoms with Crippen LogP contribution in [-0.4, -0.2) is 26.8 Å². The second kappa shape index (κ2) is 8.52. The molecular formula is C26H20FN3O4S. The number of halogens is 1. The molecule has 4 aromatic rings. The summed E-state index contributed by atoms with van der Waals surface area (Å²) in [5, 5.41) is 4.40. The molecule has 0 spiro atoms. The van der Waals surface area contributed by atoms with Crippen molar-refractivity contribution in [3.63, 3.8) is 0 Å². The summed E-state index contributed by atoms with van der Waals surface area (Å²) in [6.07, 6.45) is 0. The van der Waals surface area contributed by atoms with Gasteiger partial charge in [-0.25, -0.2) is 12.8 Å². The van der Waals surface area contributed by atoms with Crippen LogP contribution in [0.1, 0.15) is 27.6 Å². The van der Waals surface area contributed by atoms with E-state index in [0.29, 0.717) is 17.8 Å². The quantitative estimate of drug-likeness (QED) is 0.398. The summed E-state index contributed by atoms with van der Waals surface area (Å²) in [4.78, 5) is 27.3. The number of benzene rings is 4. The molecule has 0 unspecified atom stereocenters. The van der Waals surface area contributed by atoms with Crippen LogP contribution in [0.5, 0.6) is 0 Å². The minimum Gasteiger partial charge on any atom is -0.321 e. The topological polar surface area (TPSA) is 95.6 Å². The van der Waals surface area contributed by atoms with Crippen molar-refractivity contribution >= 4 is 49.7 Å². The maximum atomic E-state index is 13.1. The molecule has 0 radical (unpaired) electrons. The van der Waals surface area contributed by atoms with Gasteiger partial charge in [-0.2, -0.15) is 0 Å². The fourth-order valence-electron chi connectivity index (χ4n) is 4.22. The first kappa shape index (κ1) is 22.5. The van der Waals surface area contributed by atoms with Gasteiger partial charge in [-0.05, 0) is 67.6 Å². The van der Waals surface area contributed by atoms with Crippen molar-refractivity contribution in [3.05, 3.63) is 95.8 Å². The lowest BCUT2D eigenvalue weighted by Crippen LogP contribution is -2.25. The largest absolute Gasteiger partial charge is 0.321 e.